The predicted molar refractivity (Wildman–Crippen MR) is 98.0 cm³/mol. The first kappa shape index (κ1) is 15.1. The summed E-state index contributed by atoms with van der Waals surface area (Å²) in [6.07, 6.45) is 3.33. The van der Waals surface area contributed by atoms with Crippen LogP contribution in [0.3, 0.4) is 0 Å². The Morgan fingerprint density at radius 3 is 2.44 bits per heavy atom. The third-order valence-corrected chi connectivity index (χ3v) is 4.00. The first-order chi connectivity index (χ1) is 12.2. The molecule has 0 aliphatic carbocycles. The molecular formula is C20H16N4O. The van der Waals surface area contributed by atoms with Gasteiger partial charge < -0.3 is 5.32 Å². The monoisotopic (exact) mass is 328 g/mol. The van der Waals surface area contributed by atoms with Crippen LogP contribution in [0.2, 0.25) is 0 Å². The zero-order valence-corrected chi connectivity index (χ0v) is 13.7. The van der Waals surface area contributed by atoms with Crippen molar-refractivity contribution < 1.29 is 4.79 Å². The van der Waals surface area contributed by atoms with Crippen molar-refractivity contribution in [2.75, 3.05) is 5.32 Å². The van der Waals surface area contributed by atoms with Crippen LogP contribution in [0.15, 0.2) is 73.1 Å². The van der Waals surface area contributed by atoms with E-state index in [1.165, 1.54) is 0 Å². The highest BCUT2D eigenvalue weighted by Crippen LogP contribution is 2.23. The topological polar surface area (TPSA) is 59.8 Å². The Labute approximate surface area is 145 Å². The number of aromatic nitrogens is 3. The zero-order valence-electron chi connectivity index (χ0n) is 13.7. The number of nitrogens with one attached hydrogen (secondary N) is 1. The molecule has 0 radical (unpaired) electrons. The fourth-order valence-corrected chi connectivity index (χ4v) is 2.78. The molecule has 0 aliphatic heterocycles. The van der Waals surface area contributed by atoms with Crippen molar-refractivity contribution in [2.24, 2.45) is 0 Å². The van der Waals surface area contributed by atoms with Crippen molar-refractivity contribution in [3.8, 4) is 5.95 Å². The Balaban J connectivity index is 1.81. The lowest BCUT2D eigenvalue weighted by atomic mass is 10.2. The van der Waals surface area contributed by atoms with E-state index >= 15 is 0 Å². The molecule has 0 saturated carbocycles. The summed E-state index contributed by atoms with van der Waals surface area (Å²) in [6.45, 7) is 2.01. The highest BCUT2D eigenvalue weighted by atomic mass is 16.2. The van der Waals surface area contributed by atoms with Crippen molar-refractivity contribution in [3.63, 3.8) is 0 Å². The average molecular weight is 328 g/mol. The Kier molecular flexibility index (Phi) is 3.74. The molecule has 0 saturated heterocycles. The van der Waals surface area contributed by atoms with E-state index in [0.717, 1.165) is 22.2 Å². The van der Waals surface area contributed by atoms with Gasteiger partial charge in [0.1, 0.15) is 5.69 Å². The number of hydrogen-bond acceptors (Lipinski definition) is 3. The van der Waals surface area contributed by atoms with Gasteiger partial charge in [-0.1, -0.05) is 35.9 Å². The molecule has 2 aromatic carbocycles. The van der Waals surface area contributed by atoms with Crippen LogP contribution in [0.1, 0.15) is 16.1 Å². The van der Waals surface area contributed by atoms with Crippen LogP contribution in [-0.4, -0.2) is 20.4 Å². The number of anilines is 1. The molecule has 122 valence electrons. The summed E-state index contributed by atoms with van der Waals surface area (Å²) in [5.41, 5.74) is 3.28. The third kappa shape index (κ3) is 2.87. The van der Waals surface area contributed by atoms with Gasteiger partial charge in [0.25, 0.3) is 5.91 Å². The van der Waals surface area contributed by atoms with Crippen LogP contribution in [0, 0.1) is 6.92 Å². The lowest BCUT2D eigenvalue weighted by Gasteiger charge is -2.09. The predicted octanol–water partition coefficient (Wildman–Crippen LogP) is 3.98. The molecule has 5 heteroatoms. The van der Waals surface area contributed by atoms with E-state index in [1.807, 2.05) is 61.5 Å². The molecule has 4 rings (SSSR count). The summed E-state index contributed by atoms with van der Waals surface area (Å²) in [4.78, 5) is 21.5. The third-order valence-electron chi connectivity index (χ3n) is 4.00. The van der Waals surface area contributed by atoms with E-state index in [-0.39, 0.29) is 5.91 Å². The number of nitrogens with zero attached hydrogens (tertiary/aromatic N) is 3. The van der Waals surface area contributed by atoms with E-state index in [9.17, 15) is 4.79 Å². The molecular weight excluding hydrogens is 312 g/mol. The Bertz CT molecular complexity index is 1040. The maximum Gasteiger partial charge on any atom is 0.272 e. The van der Waals surface area contributed by atoms with E-state index in [4.69, 9.17) is 0 Å². The Morgan fingerprint density at radius 1 is 0.960 bits per heavy atom. The summed E-state index contributed by atoms with van der Waals surface area (Å²) in [6, 6.07) is 19.1. The van der Waals surface area contributed by atoms with Gasteiger partial charge in [-0.2, -0.15) is 0 Å². The SMILES string of the molecule is Cc1ccc(NC(=O)c2cc3ccccc3n2-c2ncccn2)cc1. The van der Waals surface area contributed by atoms with Crippen molar-refractivity contribution >= 4 is 22.5 Å². The molecule has 0 unspecified atom stereocenters. The minimum atomic E-state index is -0.201. The highest BCUT2D eigenvalue weighted by Gasteiger charge is 2.18. The van der Waals surface area contributed by atoms with E-state index in [1.54, 1.807) is 23.0 Å². The second kappa shape index (κ2) is 6.20. The lowest BCUT2D eigenvalue weighted by molar-refractivity contribution is 0.102. The molecule has 1 amide bonds. The van der Waals surface area contributed by atoms with Crippen LogP contribution >= 0.6 is 0 Å². The van der Waals surface area contributed by atoms with Gasteiger partial charge in [0.2, 0.25) is 5.95 Å². The van der Waals surface area contributed by atoms with Gasteiger partial charge in [0.05, 0.1) is 5.52 Å². The molecule has 1 N–H and O–H groups in total. The van der Waals surface area contributed by atoms with Gasteiger partial charge >= 0.3 is 0 Å². The smallest absolute Gasteiger partial charge is 0.272 e. The number of carbonyl (C=O) groups is 1. The van der Waals surface area contributed by atoms with Gasteiger partial charge in [-0.25, -0.2) is 9.97 Å². The van der Waals surface area contributed by atoms with Crippen LogP contribution < -0.4 is 5.32 Å². The number of fused-ring (bicyclic) bond motifs is 1. The molecule has 2 aromatic heterocycles. The molecule has 0 spiro atoms. The summed E-state index contributed by atoms with van der Waals surface area (Å²) < 4.78 is 1.78. The fourth-order valence-electron chi connectivity index (χ4n) is 2.78. The summed E-state index contributed by atoms with van der Waals surface area (Å²) in [7, 11) is 0. The van der Waals surface area contributed by atoms with Crippen LogP contribution in [0.25, 0.3) is 16.9 Å². The van der Waals surface area contributed by atoms with E-state index in [0.29, 0.717) is 11.6 Å². The normalized spacial score (nSPS) is 10.8. The second-order valence-electron chi connectivity index (χ2n) is 5.79. The number of rotatable bonds is 3. The molecule has 0 fully saturated rings. The second-order valence-corrected chi connectivity index (χ2v) is 5.79. The van der Waals surface area contributed by atoms with E-state index in [2.05, 4.69) is 15.3 Å². The van der Waals surface area contributed by atoms with Crippen LogP contribution in [0.5, 0.6) is 0 Å². The molecule has 2 heterocycles. The standard InChI is InChI=1S/C20H16N4O/c1-14-7-9-16(10-8-14)23-19(25)18-13-15-5-2-3-6-17(15)24(18)20-21-11-4-12-22-20/h2-13H,1H3,(H,23,25). The number of aryl methyl sites for hydroxylation is 1. The average Bonchev–Trinajstić information content (AvgIpc) is 3.04. The van der Waals surface area contributed by atoms with E-state index < -0.39 is 0 Å². The minimum Gasteiger partial charge on any atom is -0.321 e. The van der Waals surface area contributed by atoms with Gasteiger partial charge in [0, 0.05) is 23.5 Å². The number of benzene rings is 2. The molecule has 0 atom stereocenters. The number of para-hydroxylation sites is 1. The largest absolute Gasteiger partial charge is 0.321 e. The molecule has 0 aliphatic rings. The van der Waals surface area contributed by atoms with Gasteiger partial charge in [0.15, 0.2) is 0 Å². The maximum absolute atomic E-state index is 12.9. The Morgan fingerprint density at radius 2 is 1.68 bits per heavy atom. The molecule has 4 aromatic rings. The molecule has 5 nitrogen and oxygen atoms in total. The quantitative estimate of drug-likeness (QED) is 0.619. The number of hydrogen-bond donors (Lipinski definition) is 1. The minimum absolute atomic E-state index is 0.201. The molecule has 0 bridgehead atoms. The lowest BCUT2D eigenvalue weighted by Crippen LogP contribution is -2.17. The van der Waals surface area contributed by atoms with Gasteiger partial charge in [-0.05, 0) is 37.3 Å². The van der Waals surface area contributed by atoms with Crippen molar-refractivity contribution in [1.29, 1.82) is 0 Å². The first-order valence-electron chi connectivity index (χ1n) is 7.98. The zero-order chi connectivity index (χ0) is 17.2. The summed E-state index contributed by atoms with van der Waals surface area (Å²) in [5, 5.41) is 3.90. The van der Waals surface area contributed by atoms with Crippen LogP contribution in [-0.2, 0) is 0 Å². The Hall–Kier alpha value is -3.47. The van der Waals surface area contributed by atoms with Crippen molar-refractivity contribution in [2.45, 2.75) is 6.92 Å². The summed E-state index contributed by atoms with van der Waals surface area (Å²) in [5.74, 6) is 0.269. The van der Waals surface area contributed by atoms with Crippen LogP contribution in [0.4, 0.5) is 5.69 Å². The van der Waals surface area contributed by atoms with Crippen molar-refractivity contribution in [1.82, 2.24) is 14.5 Å². The van der Waals surface area contributed by atoms with Crippen molar-refractivity contribution in [3.05, 3.63) is 84.3 Å². The number of amides is 1. The highest BCUT2D eigenvalue weighted by molar-refractivity contribution is 6.07. The molecule has 25 heavy (non-hydrogen) atoms. The van der Waals surface area contributed by atoms with Gasteiger partial charge in [-0.3, -0.25) is 9.36 Å². The fraction of sp³-hybridized carbons (Fsp3) is 0.0500. The van der Waals surface area contributed by atoms with Gasteiger partial charge in [-0.15, -0.1) is 0 Å². The number of carbonyl (C=O) groups excluding carboxylic acids is 1. The summed E-state index contributed by atoms with van der Waals surface area (Å²) >= 11 is 0. The maximum atomic E-state index is 12.9. The first-order valence-corrected chi connectivity index (χ1v) is 7.98.